The van der Waals surface area contributed by atoms with Crippen LogP contribution in [0.25, 0.3) is 0 Å². The van der Waals surface area contributed by atoms with Gasteiger partial charge in [0.2, 0.25) is 0 Å². The maximum absolute atomic E-state index is 2.46. The SMILES string of the molecule is CC1(C)C(C)(C)C12CCCC2. The van der Waals surface area contributed by atoms with Crippen LogP contribution in [0.1, 0.15) is 53.4 Å². The molecule has 0 atom stereocenters. The summed E-state index contributed by atoms with van der Waals surface area (Å²) in [6, 6.07) is 0. The molecule has 0 saturated heterocycles. The van der Waals surface area contributed by atoms with Crippen LogP contribution in [0, 0.1) is 16.2 Å². The van der Waals surface area contributed by atoms with E-state index in [1.807, 2.05) is 0 Å². The first-order valence-corrected chi connectivity index (χ1v) is 4.96. The van der Waals surface area contributed by atoms with Crippen LogP contribution in [0.15, 0.2) is 0 Å². The molecular formula is C11H20. The van der Waals surface area contributed by atoms with E-state index in [0.717, 1.165) is 5.41 Å². The van der Waals surface area contributed by atoms with Crippen molar-refractivity contribution in [1.29, 1.82) is 0 Å². The van der Waals surface area contributed by atoms with E-state index < -0.39 is 0 Å². The van der Waals surface area contributed by atoms with Gasteiger partial charge < -0.3 is 0 Å². The number of hydrogen-bond acceptors (Lipinski definition) is 0. The van der Waals surface area contributed by atoms with Gasteiger partial charge in [-0.25, -0.2) is 0 Å². The van der Waals surface area contributed by atoms with Crippen molar-refractivity contribution in [3.05, 3.63) is 0 Å². The lowest BCUT2D eigenvalue weighted by Gasteiger charge is -2.11. The predicted molar refractivity (Wildman–Crippen MR) is 48.5 cm³/mol. The molecule has 11 heavy (non-hydrogen) atoms. The van der Waals surface area contributed by atoms with E-state index in [2.05, 4.69) is 27.7 Å². The quantitative estimate of drug-likeness (QED) is 0.497. The number of hydrogen-bond donors (Lipinski definition) is 0. The Hall–Kier alpha value is 0. The third-order valence-corrected chi connectivity index (χ3v) is 5.35. The van der Waals surface area contributed by atoms with E-state index in [4.69, 9.17) is 0 Å². The van der Waals surface area contributed by atoms with Crippen molar-refractivity contribution in [1.82, 2.24) is 0 Å². The molecule has 0 radical (unpaired) electrons. The van der Waals surface area contributed by atoms with E-state index in [1.165, 1.54) is 25.7 Å². The number of rotatable bonds is 0. The van der Waals surface area contributed by atoms with Crippen molar-refractivity contribution < 1.29 is 0 Å². The molecule has 64 valence electrons. The molecule has 2 aliphatic rings. The van der Waals surface area contributed by atoms with E-state index >= 15 is 0 Å². The van der Waals surface area contributed by atoms with Crippen LogP contribution in [0.4, 0.5) is 0 Å². The minimum Gasteiger partial charge on any atom is -0.0588 e. The second-order valence-corrected chi connectivity index (χ2v) is 5.54. The summed E-state index contributed by atoms with van der Waals surface area (Å²) in [5, 5.41) is 0. The van der Waals surface area contributed by atoms with Crippen LogP contribution in [0.2, 0.25) is 0 Å². The normalized spacial score (nSPS) is 36.0. The summed E-state index contributed by atoms with van der Waals surface area (Å²) in [5.74, 6) is 0. The van der Waals surface area contributed by atoms with Crippen molar-refractivity contribution in [2.75, 3.05) is 0 Å². The lowest BCUT2D eigenvalue weighted by Crippen LogP contribution is -2.03. The molecule has 0 heterocycles. The fourth-order valence-corrected chi connectivity index (χ4v) is 3.77. The van der Waals surface area contributed by atoms with E-state index in [-0.39, 0.29) is 0 Å². The van der Waals surface area contributed by atoms with Gasteiger partial charge >= 0.3 is 0 Å². The molecule has 0 bridgehead atoms. The fraction of sp³-hybridized carbons (Fsp3) is 1.00. The zero-order valence-corrected chi connectivity index (χ0v) is 8.33. The van der Waals surface area contributed by atoms with E-state index in [0.29, 0.717) is 10.8 Å². The van der Waals surface area contributed by atoms with Crippen molar-refractivity contribution in [2.45, 2.75) is 53.4 Å². The summed E-state index contributed by atoms with van der Waals surface area (Å²) in [6.45, 7) is 9.83. The largest absolute Gasteiger partial charge is 0.0588 e. The first-order valence-electron chi connectivity index (χ1n) is 4.96. The lowest BCUT2D eigenvalue weighted by atomic mass is 9.93. The molecule has 0 heteroatoms. The second-order valence-electron chi connectivity index (χ2n) is 5.54. The molecular weight excluding hydrogens is 132 g/mol. The molecule has 0 N–H and O–H groups in total. The maximum Gasteiger partial charge on any atom is -0.0184 e. The third-order valence-electron chi connectivity index (χ3n) is 5.35. The predicted octanol–water partition coefficient (Wildman–Crippen LogP) is 3.61. The van der Waals surface area contributed by atoms with Crippen molar-refractivity contribution >= 4 is 0 Å². The van der Waals surface area contributed by atoms with E-state index in [9.17, 15) is 0 Å². The average Bonchev–Trinajstić information content (AvgIpc) is 2.41. The minimum atomic E-state index is 0.622. The van der Waals surface area contributed by atoms with Crippen LogP contribution in [0.5, 0.6) is 0 Å². The van der Waals surface area contributed by atoms with Crippen LogP contribution in [-0.4, -0.2) is 0 Å². The van der Waals surface area contributed by atoms with Gasteiger partial charge in [0.05, 0.1) is 0 Å². The molecule has 0 amide bonds. The first-order chi connectivity index (χ1) is 4.96. The van der Waals surface area contributed by atoms with Crippen molar-refractivity contribution in [3.8, 4) is 0 Å². The van der Waals surface area contributed by atoms with Crippen LogP contribution >= 0.6 is 0 Å². The Morgan fingerprint density at radius 2 is 1.09 bits per heavy atom. The highest BCUT2D eigenvalue weighted by molar-refractivity contribution is 5.24. The highest BCUT2D eigenvalue weighted by Crippen LogP contribution is 2.83. The zero-order chi connectivity index (χ0) is 8.33. The summed E-state index contributed by atoms with van der Waals surface area (Å²) in [7, 11) is 0. The van der Waals surface area contributed by atoms with E-state index in [1.54, 1.807) is 0 Å². The Morgan fingerprint density at radius 1 is 0.727 bits per heavy atom. The molecule has 0 aromatic heterocycles. The zero-order valence-electron chi connectivity index (χ0n) is 8.33. The Bertz CT molecular complexity index is 164. The molecule has 2 rings (SSSR count). The summed E-state index contributed by atoms with van der Waals surface area (Å²) < 4.78 is 0. The Balaban J connectivity index is 2.31. The van der Waals surface area contributed by atoms with Gasteiger partial charge in [0.15, 0.2) is 0 Å². The van der Waals surface area contributed by atoms with Gasteiger partial charge in [-0.15, -0.1) is 0 Å². The molecule has 0 unspecified atom stereocenters. The molecule has 0 aromatic carbocycles. The maximum atomic E-state index is 2.46. The molecule has 0 aliphatic heterocycles. The molecule has 2 fully saturated rings. The van der Waals surface area contributed by atoms with Crippen LogP contribution in [-0.2, 0) is 0 Å². The molecule has 0 nitrogen and oxygen atoms in total. The van der Waals surface area contributed by atoms with Gasteiger partial charge in [-0.05, 0) is 29.1 Å². The Morgan fingerprint density at radius 3 is 1.27 bits per heavy atom. The van der Waals surface area contributed by atoms with Gasteiger partial charge in [-0.1, -0.05) is 40.5 Å². The van der Waals surface area contributed by atoms with Crippen molar-refractivity contribution in [3.63, 3.8) is 0 Å². The standard InChI is InChI=1S/C11H20/c1-9(2)10(3,4)11(9)7-5-6-8-11/h5-8H2,1-4H3. The van der Waals surface area contributed by atoms with Gasteiger partial charge in [-0.2, -0.15) is 0 Å². The monoisotopic (exact) mass is 152 g/mol. The Kier molecular flexibility index (Phi) is 1.16. The molecule has 0 aromatic rings. The first kappa shape index (κ1) is 7.64. The smallest absolute Gasteiger partial charge is 0.0184 e. The second kappa shape index (κ2) is 1.67. The average molecular weight is 152 g/mol. The third kappa shape index (κ3) is 0.554. The minimum absolute atomic E-state index is 0.622. The molecule has 2 saturated carbocycles. The topological polar surface area (TPSA) is 0 Å². The summed E-state index contributed by atoms with van der Waals surface area (Å²) in [6.07, 6.45) is 5.94. The summed E-state index contributed by atoms with van der Waals surface area (Å²) in [5.41, 5.74) is 1.98. The van der Waals surface area contributed by atoms with Gasteiger partial charge in [0.25, 0.3) is 0 Å². The Labute approximate surface area is 70.4 Å². The van der Waals surface area contributed by atoms with Gasteiger partial charge in [0, 0.05) is 0 Å². The lowest BCUT2D eigenvalue weighted by molar-refractivity contribution is 0.379. The summed E-state index contributed by atoms with van der Waals surface area (Å²) >= 11 is 0. The van der Waals surface area contributed by atoms with Crippen molar-refractivity contribution in [2.24, 2.45) is 16.2 Å². The highest BCUT2D eigenvalue weighted by Gasteiger charge is 2.76. The van der Waals surface area contributed by atoms with Crippen LogP contribution < -0.4 is 0 Å². The highest BCUT2D eigenvalue weighted by atomic mass is 14.8. The molecule has 2 aliphatic carbocycles. The van der Waals surface area contributed by atoms with Crippen LogP contribution in [0.3, 0.4) is 0 Å². The fourth-order valence-electron chi connectivity index (χ4n) is 3.77. The van der Waals surface area contributed by atoms with Gasteiger partial charge in [0.1, 0.15) is 0 Å². The summed E-state index contributed by atoms with van der Waals surface area (Å²) in [4.78, 5) is 0. The van der Waals surface area contributed by atoms with Gasteiger partial charge in [-0.3, -0.25) is 0 Å². The molecule has 1 spiro atoms.